The quantitative estimate of drug-likeness (QED) is 0.258. The van der Waals surface area contributed by atoms with Gasteiger partial charge in [0.05, 0.1) is 0 Å². The molecule has 1 heterocycles. The fourth-order valence-electron chi connectivity index (χ4n) is 1.07. The second-order valence-electron chi connectivity index (χ2n) is 2.43. The molecule has 0 bridgehead atoms. The van der Waals surface area contributed by atoms with Gasteiger partial charge in [-0.15, -0.1) is 4.68 Å². The van der Waals surface area contributed by atoms with Crippen molar-refractivity contribution in [2.24, 2.45) is 5.84 Å². The van der Waals surface area contributed by atoms with E-state index in [9.17, 15) is 0 Å². The summed E-state index contributed by atoms with van der Waals surface area (Å²) in [5.74, 6) is 5.54. The molecule has 0 aliphatic carbocycles. The van der Waals surface area contributed by atoms with Crippen molar-refractivity contribution < 1.29 is 4.68 Å². The van der Waals surface area contributed by atoms with E-state index in [1.165, 1.54) is 5.71 Å². The lowest BCUT2D eigenvalue weighted by Crippen LogP contribution is -2.34. The summed E-state index contributed by atoms with van der Waals surface area (Å²) < 4.78 is 1.74. The Bertz CT molecular complexity index is 116. The summed E-state index contributed by atoms with van der Waals surface area (Å²) in [5, 5.41) is 3.27. The molecule has 0 radical (unpaired) electrons. The number of hydrazine groups is 1. The first-order chi connectivity index (χ1) is 4.30. The minimum atomic E-state index is 1.08. The third-order valence-electron chi connectivity index (χ3n) is 1.68. The molecule has 0 amide bonds. The van der Waals surface area contributed by atoms with Gasteiger partial charge in [-0.25, -0.2) is 5.84 Å². The fraction of sp³-hybridized carbons (Fsp3) is 0.833. The zero-order valence-corrected chi connectivity index (χ0v) is 5.85. The Balaban J connectivity index is 2.49. The molecule has 3 heteroatoms. The molecule has 3 N–H and O–H groups in total. The van der Waals surface area contributed by atoms with Crippen LogP contribution in [0.15, 0.2) is 0 Å². The molecule has 0 atom stereocenters. The molecule has 1 fully saturated rings. The molecule has 9 heavy (non-hydrogen) atoms. The summed E-state index contributed by atoms with van der Waals surface area (Å²) in [4.78, 5) is 0. The number of nitrogens with one attached hydrogen (secondary N) is 1. The van der Waals surface area contributed by atoms with Gasteiger partial charge in [0, 0.05) is 25.9 Å². The van der Waals surface area contributed by atoms with Gasteiger partial charge in [-0.1, -0.05) is 0 Å². The molecule has 0 saturated carbocycles. The number of nitrogens with two attached hydrogens (primary N) is 1. The molecule has 3 nitrogen and oxygen atoms in total. The molecule has 0 aromatic rings. The number of hydrogen-bond donors (Lipinski definition) is 2. The molecule has 52 valence electrons. The zero-order valence-electron chi connectivity index (χ0n) is 5.85. The molecular weight excluding hydrogens is 114 g/mol. The van der Waals surface area contributed by atoms with Gasteiger partial charge in [-0.05, 0) is 0 Å². The van der Waals surface area contributed by atoms with Gasteiger partial charge in [0.25, 0.3) is 0 Å². The van der Waals surface area contributed by atoms with Crippen LogP contribution in [0.2, 0.25) is 0 Å². The number of hydrogen-bond acceptors (Lipinski definition) is 2. The van der Waals surface area contributed by atoms with Crippen molar-refractivity contribution in [2.75, 3.05) is 20.1 Å². The highest BCUT2D eigenvalue weighted by atomic mass is 15.3. The maximum Gasteiger partial charge on any atom is 0.184 e. The van der Waals surface area contributed by atoms with Gasteiger partial charge >= 0.3 is 0 Å². The van der Waals surface area contributed by atoms with Crippen molar-refractivity contribution in [3.05, 3.63) is 0 Å². The highest BCUT2D eigenvalue weighted by Gasteiger charge is 2.12. The van der Waals surface area contributed by atoms with E-state index in [-0.39, 0.29) is 0 Å². The van der Waals surface area contributed by atoms with Gasteiger partial charge in [0.15, 0.2) is 12.8 Å². The van der Waals surface area contributed by atoms with E-state index in [0.29, 0.717) is 0 Å². The van der Waals surface area contributed by atoms with Gasteiger partial charge in [-0.3, -0.25) is 0 Å². The van der Waals surface area contributed by atoms with Crippen LogP contribution in [-0.4, -0.2) is 30.5 Å². The Hall–Kier alpha value is -0.570. The van der Waals surface area contributed by atoms with Crippen molar-refractivity contribution in [3.63, 3.8) is 0 Å². The smallest absolute Gasteiger partial charge is 0.184 e. The predicted molar refractivity (Wildman–Crippen MR) is 37.5 cm³/mol. The first-order valence-corrected chi connectivity index (χ1v) is 3.34. The summed E-state index contributed by atoms with van der Waals surface area (Å²) in [6.07, 6.45) is 2.21. The normalized spacial score (nSPS) is 19.9. The van der Waals surface area contributed by atoms with Gasteiger partial charge in [0.2, 0.25) is 0 Å². The zero-order chi connectivity index (χ0) is 6.69. The van der Waals surface area contributed by atoms with E-state index in [0.717, 1.165) is 25.9 Å². The maximum atomic E-state index is 5.54. The first kappa shape index (κ1) is 6.55. The predicted octanol–water partition coefficient (Wildman–Crippen LogP) is -0.673. The summed E-state index contributed by atoms with van der Waals surface area (Å²) in [6.45, 7) is 2.16. The van der Waals surface area contributed by atoms with Crippen LogP contribution < -0.4 is 11.2 Å². The molecule has 0 aromatic carbocycles. The SMILES string of the molecule is C[N+](N)=C1CCNCC1. The lowest BCUT2D eigenvalue weighted by molar-refractivity contribution is -0.511. The second kappa shape index (κ2) is 2.82. The van der Waals surface area contributed by atoms with Crippen LogP contribution in [0.3, 0.4) is 0 Å². The number of rotatable bonds is 0. The van der Waals surface area contributed by atoms with Crippen LogP contribution in [-0.2, 0) is 0 Å². The third-order valence-corrected chi connectivity index (χ3v) is 1.68. The van der Waals surface area contributed by atoms with Gasteiger partial charge < -0.3 is 5.32 Å². The Morgan fingerprint density at radius 2 is 2.00 bits per heavy atom. The number of piperidine rings is 1. The highest BCUT2D eigenvalue weighted by molar-refractivity contribution is 5.80. The number of nitrogens with zero attached hydrogens (tertiary/aromatic N) is 1. The molecular formula is C6H14N3+. The summed E-state index contributed by atoms with van der Waals surface area (Å²) in [7, 11) is 1.90. The third kappa shape index (κ3) is 1.68. The Morgan fingerprint density at radius 3 is 2.33 bits per heavy atom. The Morgan fingerprint density at radius 1 is 1.44 bits per heavy atom. The van der Waals surface area contributed by atoms with Gasteiger partial charge in [0.1, 0.15) is 0 Å². The molecule has 1 saturated heterocycles. The average molecular weight is 128 g/mol. The Kier molecular flexibility index (Phi) is 2.05. The monoisotopic (exact) mass is 128 g/mol. The molecule has 1 aliphatic rings. The lowest BCUT2D eigenvalue weighted by atomic mass is 10.1. The number of hydrazone groups is 1. The van der Waals surface area contributed by atoms with E-state index in [1.807, 2.05) is 7.05 Å². The van der Waals surface area contributed by atoms with E-state index in [1.54, 1.807) is 4.68 Å². The van der Waals surface area contributed by atoms with Crippen molar-refractivity contribution in [2.45, 2.75) is 12.8 Å². The fourth-order valence-corrected chi connectivity index (χ4v) is 1.07. The Labute approximate surface area is 55.5 Å². The van der Waals surface area contributed by atoms with Crippen molar-refractivity contribution in [3.8, 4) is 0 Å². The van der Waals surface area contributed by atoms with Crippen LogP contribution in [0.4, 0.5) is 0 Å². The van der Waals surface area contributed by atoms with Crippen LogP contribution in [0, 0.1) is 0 Å². The average Bonchev–Trinajstić information content (AvgIpc) is 1.90. The molecule has 0 unspecified atom stereocenters. The van der Waals surface area contributed by atoms with Crippen LogP contribution in [0.1, 0.15) is 12.8 Å². The molecule has 0 aromatic heterocycles. The maximum absolute atomic E-state index is 5.54. The summed E-state index contributed by atoms with van der Waals surface area (Å²) >= 11 is 0. The van der Waals surface area contributed by atoms with E-state index >= 15 is 0 Å². The van der Waals surface area contributed by atoms with Crippen LogP contribution in [0.25, 0.3) is 0 Å². The summed E-state index contributed by atoms with van der Waals surface area (Å²) in [6, 6.07) is 0. The topological polar surface area (TPSA) is 41.1 Å². The minimum absolute atomic E-state index is 1.08. The highest BCUT2D eigenvalue weighted by Crippen LogP contribution is 1.94. The van der Waals surface area contributed by atoms with Crippen LogP contribution in [0.5, 0.6) is 0 Å². The lowest BCUT2D eigenvalue weighted by Gasteiger charge is -2.10. The largest absolute Gasteiger partial charge is 0.316 e. The van der Waals surface area contributed by atoms with Crippen molar-refractivity contribution in [1.82, 2.24) is 5.32 Å². The van der Waals surface area contributed by atoms with E-state index in [2.05, 4.69) is 5.32 Å². The molecule has 1 rings (SSSR count). The van der Waals surface area contributed by atoms with E-state index in [4.69, 9.17) is 5.84 Å². The first-order valence-electron chi connectivity index (χ1n) is 3.34. The van der Waals surface area contributed by atoms with Gasteiger partial charge in [-0.2, -0.15) is 0 Å². The standard InChI is InChI=1S/C6H14N3/c1-9(7)6-2-4-8-5-3-6/h8H,2-5,7H2,1H3/q+1. The second-order valence-corrected chi connectivity index (χ2v) is 2.43. The minimum Gasteiger partial charge on any atom is -0.316 e. The van der Waals surface area contributed by atoms with E-state index < -0.39 is 0 Å². The van der Waals surface area contributed by atoms with Crippen molar-refractivity contribution in [1.29, 1.82) is 0 Å². The molecule has 1 aliphatic heterocycles. The van der Waals surface area contributed by atoms with Crippen LogP contribution >= 0.6 is 0 Å². The van der Waals surface area contributed by atoms with Crippen molar-refractivity contribution >= 4 is 5.71 Å². The summed E-state index contributed by atoms with van der Waals surface area (Å²) in [5.41, 5.74) is 1.36. The molecule has 0 spiro atoms.